The van der Waals surface area contributed by atoms with Gasteiger partial charge in [0.05, 0.1) is 5.41 Å². The minimum absolute atomic E-state index is 0.00131. The molecule has 4 saturated carbocycles. The van der Waals surface area contributed by atoms with Crippen LogP contribution in [0.5, 0.6) is 0 Å². The zero-order valence-electron chi connectivity index (χ0n) is 32.3. The van der Waals surface area contributed by atoms with E-state index in [1.54, 1.807) is 0 Å². The summed E-state index contributed by atoms with van der Waals surface area (Å²) in [6.07, 6.45) is 20.0. The molecule has 10 atom stereocenters. The molecule has 5 fully saturated rings. The van der Waals surface area contributed by atoms with Crippen LogP contribution in [0.25, 0.3) is 0 Å². The van der Waals surface area contributed by atoms with Gasteiger partial charge in [0.15, 0.2) is 0 Å². The van der Waals surface area contributed by atoms with Crippen molar-refractivity contribution in [3.8, 4) is 0 Å². The van der Waals surface area contributed by atoms with E-state index >= 15 is 0 Å². The number of halogens is 1. The second kappa shape index (κ2) is 12.6. The molecule has 6 heteroatoms. The lowest BCUT2D eigenvalue weighted by Crippen LogP contribution is -2.68. The van der Waals surface area contributed by atoms with E-state index in [9.17, 15) is 19.1 Å². The lowest BCUT2D eigenvalue weighted by molar-refractivity contribution is -0.221. The number of amides is 1. The second-order valence-corrected chi connectivity index (χ2v) is 19.8. The number of likely N-dealkylation sites (tertiary alicyclic amines) is 1. The molecule has 0 bridgehead atoms. The molecule has 0 unspecified atom stereocenters. The van der Waals surface area contributed by atoms with Crippen molar-refractivity contribution in [2.75, 3.05) is 26.3 Å². The molecule has 1 saturated heterocycles. The van der Waals surface area contributed by atoms with Gasteiger partial charge in [0, 0.05) is 25.0 Å². The lowest BCUT2D eigenvalue weighted by atomic mass is 9.33. The summed E-state index contributed by atoms with van der Waals surface area (Å²) < 4.78 is 14.0. The van der Waals surface area contributed by atoms with Crippen LogP contribution < -0.4 is 5.32 Å². The molecular formula is C44H67FN2O3. The maximum Gasteiger partial charge on any atom is 0.312 e. The van der Waals surface area contributed by atoms with Crippen molar-refractivity contribution < 1.29 is 19.1 Å². The maximum absolute atomic E-state index is 14.0. The Labute approximate surface area is 302 Å². The number of carbonyl (C=O) groups excluding carboxylic acids is 1. The predicted molar refractivity (Wildman–Crippen MR) is 199 cm³/mol. The first-order chi connectivity index (χ1) is 23.6. The smallest absolute Gasteiger partial charge is 0.312 e. The molecule has 0 aromatic rings. The Morgan fingerprint density at radius 1 is 0.960 bits per heavy atom. The number of hydrogen-bond donors (Lipinski definition) is 2. The minimum Gasteiger partial charge on any atom is -0.481 e. The largest absolute Gasteiger partial charge is 0.481 e. The first kappa shape index (κ1) is 36.4. The van der Waals surface area contributed by atoms with E-state index in [1.165, 1.54) is 68.1 Å². The van der Waals surface area contributed by atoms with E-state index in [0.29, 0.717) is 54.8 Å². The van der Waals surface area contributed by atoms with Gasteiger partial charge >= 0.3 is 5.97 Å². The molecule has 6 aliphatic carbocycles. The Hall–Kier alpha value is -1.95. The van der Waals surface area contributed by atoms with Gasteiger partial charge in [-0.1, -0.05) is 58.9 Å². The topological polar surface area (TPSA) is 69.6 Å². The van der Waals surface area contributed by atoms with Crippen LogP contribution in [0.2, 0.25) is 0 Å². The predicted octanol–water partition coefficient (Wildman–Crippen LogP) is 9.69. The maximum atomic E-state index is 14.0. The first-order valence-corrected chi connectivity index (χ1v) is 20.5. The quantitative estimate of drug-likeness (QED) is 0.187. The fraction of sp³-hybridized carbons (Fsp3) is 0.818. The number of carboxylic acid groups (broad SMARTS) is 1. The fourth-order valence-corrected chi connectivity index (χ4v) is 14.7. The molecule has 1 aliphatic heterocycles. The third-order valence-electron chi connectivity index (χ3n) is 17.6. The van der Waals surface area contributed by atoms with Gasteiger partial charge in [0.25, 0.3) is 0 Å². The highest BCUT2D eigenvalue weighted by Crippen LogP contribution is 2.76. The Balaban J connectivity index is 1.13. The molecule has 1 amide bonds. The molecular weight excluding hydrogens is 623 g/mol. The van der Waals surface area contributed by atoms with Gasteiger partial charge in [-0.05, 0) is 166 Å². The van der Waals surface area contributed by atoms with E-state index < -0.39 is 18.1 Å². The highest BCUT2D eigenvalue weighted by molar-refractivity contribution is 5.78. The van der Waals surface area contributed by atoms with Gasteiger partial charge in [0.2, 0.25) is 5.91 Å². The van der Waals surface area contributed by atoms with Crippen molar-refractivity contribution in [1.29, 1.82) is 0 Å². The monoisotopic (exact) mass is 691 g/mol. The number of allylic oxidation sites excluding steroid dienone is 5. The van der Waals surface area contributed by atoms with Crippen LogP contribution in [0.4, 0.5) is 4.39 Å². The van der Waals surface area contributed by atoms with E-state index in [2.05, 4.69) is 70.5 Å². The number of hydrogen-bond acceptors (Lipinski definition) is 3. The van der Waals surface area contributed by atoms with Crippen LogP contribution in [0, 0.1) is 56.7 Å². The van der Waals surface area contributed by atoms with Gasteiger partial charge < -0.3 is 15.3 Å². The minimum atomic E-state index is -1.25. The highest BCUT2D eigenvalue weighted by Gasteiger charge is 2.70. The second-order valence-electron chi connectivity index (χ2n) is 19.8. The first-order valence-electron chi connectivity index (χ1n) is 20.5. The van der Waals surface area contributed by atoms with E-state index in [-0.39, 0.29) is 27.2 Å². The number of aliphatic carboxylic acids is 1. The summed E-state index contributed by atoms with van der Waals surface area (Å²) in [6, 6.07) is 0. The van der Waals surface area contributed by atoms with Gasteiger partial charge in [0.1, 0.15) is 6.67 Å². The Morgan fingerprint density at radius 2 is 1.74 bits per heavy atom. The Morgan fingerprint density at radius 3 is 2.38 bits per heavy atom. The van der Waals surface area contributed by atoms with E-state index in [4.69, 9.17) is 0 Å². The molecule has 0 radical (unpaired) electrons. The van der Waals surface area contributed by atoms with Crippen molar-refractivity contribution in [3.63, 3.8) is 0 Å². The molecule has 5 nitrogen and oxygen atoms in total. The number of nitrogens with one attached hydrogen (secondary N) is 1. The highest BCUT2D eigenvalue weighted by atomic mass is 19.1. The van der Waals surface area contributed by atoms with Crippen LogP contribution >= 0.6 is 0 Å². The average molecular weight is 691 g/mol. The van der Waals surface area contributed by atoms with Crippen molar-refractivity contribution in [2.45, 2.75) is 143 Å². The molecule has 7 rings (SSSR count). The Bertz CT molecular complexity index is 1470. The number of nitrogens with zero attached hydrogens (tertiary/aromatic N) is 1. The number of carboxylic acids is 1. The SMILES string of the molecule is C=C(C)[C@@H]1CC[C@]2(NCCCN3CCCC3=O)CC[C@]3(C)[C@H](CC[C@@H]4[C@@]5(C)CC=C(C6=CC[C@](CF)(C(=O)O)CC6)C(C)(C)[C@@H]5CC[C@]43C)[C@@H]12. The summed E-state index contributed by atoms with van der Waals surface area (Å²) in [5, 5.41) is 14.0. The molecule has 50 heavy (non-hydrogen) atoms. The lowest BCUT2D eigenvalue weighted by Gasteiger charge is -2.72. The third-order valence-corrected chi connectivity index (χ3v) is 17.6. The van der Waals surface area contributed by atoms with Crippen molar-refractivity contribution in [2.24, 2.45) is 56.7 Å². The zero-order chi connectivity index (χ0) is 35.9. The number of alkyl halides is 1. The molecule has 1 heterocycles. The number of carbonyl (C=O) groups is 2. The molecule has 278 valence electrons. The van der Waals surface area contributed by atoms with E-state index in [1.807, 2.05) is 0 Å². The number of fused-ring (bicyclic) bond motifs is 7. The summed E-state index contributed by atoms with van der Waals surface area (Å²) >= 11 is 0. The van der Waals surface area contributed by atoms with Gasteiger partial charge in [-0.15, -0.1) is 0 Å². The van der Waals surface area contributed by atoms with Crippen LogP contribution in [0.1, 0.15) is 138 Å². The normalized spacial score (nSPS) is 45.1. The van der Waals surface area contributed by atoms with E-state index in [0.717, 1.165) is 45.3 Å². The standard InChI is InChI=1S/C44H67FN2O3/c1-29(2)31-15-22-44(46-25-9-27-47-26-8-10-36(47)48)24-23-41(6)33(37(31)44)11-12-35-40(5)18-16-32(39(3,4)34(40)17-19-42(35,41)7)30-13-20-43(28-45,21-14-30)38(49)50/h13,16,31,33-35,37,46H,1,8-12,14-15,17-28H2,2-7H3,(H,49,50)/t31-,33+,34-,35+,37+,40-,41+,42+,43-,44-/m0/s1. The summed E-state index contributed by atoms with van der Waals surface area (Å²) in [6.45, 7) is 21.9. The van der Waals surface area contributed by atoms with Crippen LogP contribution in [-0.2, 0) is 9.59 Å². The summed E-state index contributed by atoms with van der Waals surface area (Å²) in [5.41, 5.74) is 3.79. The molecule has 2 N–H and O–H groups in total. The molecule has 0 spiro atoms. The van der Waals surface area contributed by atoms with Crippen LogP contribution in [-0.4, -0.2) is 53.7 Å². The molecule has 7 aliphatic rings. The van der Waals surface area contributed by atoms with Crippen molar-refractivity contribution in [3.05, 3.63) is 35.5 Å². The average Bonchev–Trinajstić information content (AvgIpc) is 3.66. The van der Waals surface area contributed by atoms with Crippen molar-refractivity contribution in [1.82, 2.24) is 10.2 Å². The summed E-state index contributed by atoms with van der Waals surface area (Å²) in [5.74, 6) is 2.49. The molecule has 0 aromatic heterocycles. The Kier molecular flexibility index (Phi) is 9.16. The van der Waals surface area contributed by atoms with Crippen LogP contribution in [0.15, 0.2) is 35.5 Å². The fourth-order valence-electron chi connectivity index (χ4n) is 14.7. The molecule has 0 aromatic carbocycles. The third kappa shape index (κ3) is 5.20. The van der Waals surface area contributed by atoms with Gasteiger partial charge in [-0.3, -0.25) is 9.59 Å². The number of rotatable bonds is 9. The summed E-state index contributed by atoms with van der Waals surface area (Å²) in [7, 11) is 0. The zero-order valence-corrected chi connectivity index (χ0v) is 32.3. The van der Waals surface area contributed by atoms with Crippen LogP contribution in [0.3, 0.4) is 0 Å². The van der Waals surface area contributed by atoms with Gasteiger partial charge in [-0.25, -0.2) is 4.39 Å². The van der Waals surface area contributed by atoms with Gasteiger partial charge in [-0.2, -0.15) is 0 Å². The summed E-state index contributed by atoms with van der Waals surface area (Å²) in [4.78, 5) is 26.3. The van der Waals surface area contributed by atoms with Crippen molar-refractivity contribution >= 4 is 11.9 Å².